The Kier molecular flexibility index (Phi) is 5.46. The van der Waals surface area contributed by atoms with Gasteiger partial charge in [-0.3, -0.25) is 4.79 Å². The number of benzene rings is 2. The van der Waals surface area contributed by atoms with Crippen LogP contribution in [-0.2, 0) is 16.0 Å². The predicted molar refractivity (Wildman–Crippen MR) is 93.4 cm³/mol. The van der Waals surface area contributed by atoms with E-state index >= 15 is 0 Å². The quantitative estimate of drug-likeness (QED) is 0.878. The lowest BCUT2D eigenvalue weighted by Gasteiger charge is -2.30. The molecule has 130 valence electrons. The largest absolute Gasteiger partial charge is 0.478 e. The third-order valence-electron chi connectivity index (χ3n) is 4.36. The summed E-state index contributed by atoms with van der Waals surface area (Å²) in [6, 6.07) is 16.6. The molecular weight excluding hydrogens is 318 g/mol. The van der Waals surface area contributed by atoms with E-state index in [9.17, 15) is 9.59 Å². The average Bonchev–Trinajstić information content (AvgIpc) is 2.63. The maximum Gasteiger partial charge on any atom is 0.335 e. The molecule has 1 saturated heterocycles. The Morgan fingerprint density at radius 3 is 2.68 bits per heavy atom. The van der Waals surface area contributed by atoms with Crippen LogP contribution in [0.25, 0.3) is 0 Å². The zero-order chi connectivity index (χ0) is 17.6. The van der Waals surface area contributed by atoms with Crippen molar-refractivity contribution in [1.82, 2.24) is 5.32 Å². The molecule has 1 aliphatic heterocycles. The highest BCUT2D eigenvalue weighted by Gasteiger charge is 2.25. The molecule has 0 saturated carbocycles. The molecule has 5 heteroatoms. The summed E-state index contributed by atoms with van der Waals surface area (Å²) in [6.07, 6.45) is 1.69. The van der Waals surface area contributed by atoms with E-state index in [4.69, 9.17) is 9.84 Å². The highest BCUT2D eigenvalue weighted by Crippen LogP contribution is 2.27. The number of carboxylic acids is 1. The number of hydrogen-bond donors (Lipinski definition) is 2. The fraction of sp³-hybridized carbons (Fsp3) is 0.300. The molecule has 2 atom stereocenters. The second-order valence-electron chi connectivity index (χ2n) is 6.24. The molecule has 1 amide bonds. The lowest BCUT2D eigenvalue weighted by molar-refractivity contribution is -0.122. The lowest BCUT2D eigenvalue weighted by Crippen LogP contribution is -2.40. The molecule has 25 heavy (non-hydrogen) atoms. The molecule has 1 fully saturated rings. The van der Waals surface area contributed by atoms with E-state index in [0.29, 0.717) is 12.2 Å². The first-order chi connectivity index (χ1) is 12.1. The van der Waals surface area contributed by atoms with Gasteiger partial charge in [-0.1, -0.05) is 42.5 Å². The van der Waals surface area contributed by atoms with Crippen molar-refractivity contribution in [3.63, 3.8) is 0 Å². The van der Waals surface area contributed by atoms with Crippen LogP contribution < -0.4 is 5.32 Å². The van der Waals surface area contributed by atoms with E-state index < -0.39 is 5.97 Å². The average molecular weight is 339 g/mol. The zero-order valence-corrected chi connectivity index (χ0v) is 13.9. The third-order valence-corrected chi connectivity index (χ3v) is 4.36. The number of carboxylic acid groups (broad SMARTS) is 1. The molecule has 2 aromatic rings. The molecule has 0 aromatic heterocycles. The Balaban J connectivity index is 1.57. The van der Waals surface area contributed by atoms with Crippen LogP contribution in [-0.4, -0.2) is 29.6 Å². The molecule has 0 spiro atoms. The van der Waals surface area contributed by atoms with Crippen LogP contribution in [0.4, 0.5) is 0 Å². The van der Waals surface area contributed by atoms with Gasteiger partial charge in [0.2, 0.25) is 5.91 Å². The van der Waals surface area contributed by atoms with Crippen molar-refractivity contribution in [1.29, 1.82) is 0 Å². The summed E-state index contributed by atoms with van der Waals surface area (Å²) in [5.41, 5.74) is 2.01. The highest BCUT2D eigenvalue weighted by molar-refractivity contribution is 5.88. The fourth-order valence-electron chi connectivity index (χ4n) is 3.11. The van der Waals surface area contributed by atoms with Gasteiger partial charge >= 0.3 is 5.97 Å². The molecule has 0 aliphatic carbocycles. The standard InChI is InChI=1S/C20H21NO4/c22-19(12-14-5-4-8-16(11-14)20(23)24)21-17-9-10-25-18(13-17)15-6-2-1-3-7-15/h1-8,11,17-18H,9-10,12-13H2,(H,21,22)(H,23,24). The molecule has 2 N–H and O–H groups in total. The summed E-state index contributed by atoms with van der Waals surface area (Å²) in [5, 5.41) is 12.1. The Morgan fingerprint density at radius 1 is 1.12 bits per heavy atom. The van der Waals surface area contributed by atoms with Gasteiger partial charge < -0.3 is 15.2 Å². The van der Waals surface area contributed by atoms with E-state index in [2.05, 4.69) is 5.32 Å². The summed E-state index contributed by atoms with van der Waals surface area (Å²) in [4.78, 5) is 23.3. The SMILES string of the molecule is O=C(Cc1cccc(C(=O)O)c1)NC1CCOC(c2ccccc2)C1. The fourth-order valence-corrected chi connectivity index (χ4v) is 3.11. The number of ether oxygens (including phenoxy) is 1. The first-order valence-corrected chi connectivity index (χ1v) is 8.40. The number of carbonyl (C=O) groups is 2. The van der Waals surface area contributed by atoms with Crippen molar-refractivity contribution in [2.24, 2.45) is 0 Å². The minimum Gasteiger partial charge on any atom is -0.478 e. The van der Waals surface area contributed by atoms with E-state index in [-0.39, 0.29) is 30.0 Å². The summed E-state index contributed by atoms with van der Waals surface area (Å²) in [5.74, 6) is -1.08. The summed E-state index contributed by atoms with van der Waals surface area (Å²) in [6.45, 7) is 0.610. The van der Waals surface area contributed by atoms with Crippen molar-refractivity contribution >= 4 is 11.9 Å². The molecule has 0 radical (unpaired) electrons. The van der Waals surface area contributed by atoms with E-state index in [1.165, 1.54) is 6.07 Å². The minimum absolute atomic E-state index is 0.00408. The maximum atomic E-state index is 12.3. The van der Waals surface area contributed by atoms with Gasteiger partial charge in [0.25, 0.3) is 0 Å². The van der Waals surface area contributed by atoms with Crippen LogP contribution in [0.15, 0.2) is 54.6 Å². The van der Waals surface area contributed by atoms with Gasteiger partial charge in [-0.05, 0) is 36.1 Å². The van der Waals surface area contributed by atoms with Crippen molar-refractivity contribution in [2.75, 3.05) is 6.61 Å². The third kappa shape index (κ3) is 4.67. The Bertz CT molecular complexity index is 744. The monoisotopic (exact) mass is 339 g/mol. The Hall–Kier alpha value is -2.66. The summed E-state index contributed by atoms with van der Waals surface area (Å²) in [7, 11) is 0. The number of amides is 1. The Morgan fingerprint density at radius 2 is 1.92 bits per heavy atom. The second kappa shape index (κ2) is 7.94. The molecule has 1 heterocycles. The number of carbonyl (C=O) groups excluding carboxylic acids is 1. The topological polar surface area (TPSA) is 75.6 Å². The van der Waals surface area contributed by atoms with Crippen molar-refractivity contribution in [3.05, 3.63) is 71.3 Å². The first-order valence-electron chi connectivity index (χ1n) is 8.40. The highest BCUT2D eigenvalue weighted by atomic mass is 16.5. The molecule has 3 rings (SSSR count). The van der Waals surface area contributed by atoms with Gasteiger partial charge in [-0.15, -0.1) is 0 Å². The van der Waals surface area contributed by atoms with Gasteiger partial charge in [0, 0.05) is 12.6 Å². The normalized spacial score (nSPS) is 20.0. The molecule has 1 aliphatic rings. The number of hydrogen-bond acceptors (Lipinski definition) is 3. The van der Waals surface area contributed by atoms with Gasteiger partial charge in [0.05, 0.1) is 18.1 Å². The van der Waals surface area contributed by atoms with Crippen LogP contribution in [0.5, 0.6) is 0 Å². The molecular formula is C20H21NO4. The molecule has 2 aromatic carbocycles. The van der Waals surface area contributed by atoms with E-state index in [1.807, 2.05) is 30.3 Å². The second-order valence-corrected chi connectivity index (χ2v) is 6.24. The van der Waals surface area contributed by atoms with Crippen LogP contribution >= 0.6 is 0 Å². The molecule has 0 bridgehead atoms. The Labute approximate surface area is 146 Å². The van der Waals surface area contributed by atoms with Crippen molar-refractivity contribution in [2.45, 2.75) is 31.4 Å². The number of rotatable bonds is 5. The zero-order valence-electron chi connectivity index (χ0n) is 13.9. The van der Waals surface area contributed by atoms with Crippen LogP contribution in [0.2, 0.25) is 0 Å². The van der Waals surface area contributed by atoms with Crippen molar-refractivity contribution < 1.29 is 19.4 Å². The number of aromatic carboxylic acids is 1. The van der Waals surface area contributed by atoms with Crippen LogP contribution in [0, 0.1) is 0 Å². The summed E-state index contributed by atoms with van der Waals surface area (Å²) < 4.78 is 5.82. The van der Waals surface area contributed by atoms with Crippen molar-refractivity contribution in [3.8, 4) is 0 Å². The minimum atomic E-state index is -0.989. The molecule has 2 unspecified atom stereocenters. The smallest absolute Gasteiger partial charge is 0.335 e. The van der Waals surface area contributed by atoms with Crippen LogP contribution in [0.3, 0.4) is 0 Å². The summed E-state index contributed by atoms with van der Waals surface area (Å²) >= 11 is 0. The van der Waals surface area contributed by atoms with Gasteiger partial charge in [-0.25, -0.2) is 4.79 Å². The van der Waals surface area contributed by atoms with Crippen LogP contribution in [0.1, 0.15) is 40.4 Å². The van der Waals surface area contributed by atoms with E-state index in [1.54, 1.807) is 18.2 Å². The predicted octanol–water partition coefficient (Wildman–Crippen LogP) is 2.96. The first kappa shape index (κ1) is 17.2. The molecule has 5 nitrogen and oxygen atoms in total. The van der Waals surface area contributed by atoms with Gasteiger partial charge in [0.15, 0.2) is 0 Å². The van der Waals surface area contributed by atoms with E-state index in [0.717, 1.165) is 18.4 Å². The maximum absolute atomic E-state index is 12.3. The van der Waals surface area contributed by atoms with Gasteiger partial charge in [-0.2, -0.15) is 0 Å². The lowest BCUT2D eigenvalue weighted by atomic mass is 9.97. The van der Waals surface area contributed by atoms with Gasteiger partial charge in [0.1, 0.15) is 0 Å². The number of nitrogens with one attached hydrogen (secondary N) is 1.